The Morgan fingerprint density at radius 2 is 1.62 bits per heavy atom. The SMILES string of the molecule is NC(=O)C(O)(c1ccc(F)cc1)C(F)(F)F. The van der Waals surface area contributed by atoms with Crippen molar-refractivity contribution in [1.29, 1.82) is 0 Å². The van der Waals surface area contributed by atoms with Gasteiger partial charge in [-0.15, -0.1) is 0 Å². The summed E-state index contributed by atoms with van der Waals surface area (Å²) in [5.74, 6) is -2.76. The predicted octanol–water partition coefficient (Wildman–Crippen LogP) is 1.06. The highest BCUT2D eigenvalue weighted by molar-refractivity contribution is 5.85. The molecule has 1 aromatic rings. The molecule has 1 aromatic carbocycles. The van der Waals surface area contributed by atoms with Gasteiger partial charge in [-0.3, -0.25) is 4.79 Å². The van der Waals surface area contributed by atoms with E-state index in [2.05, 4.69) is 5.73 Å². The number of aliphatic hydroxyl groups is 1. The molecule has 16 heavy (non-hydrogen) atoms. The number of halogens is 4. The van der Waals surface area contributed by atoms with Crippen LogP contribution in [0.4, 0.5) is 17.6 Å². The van der Waals surface area contributed by atoms with E-state index in [1.54, 1.807) is 0 Å². The van der Waals surface area contributed by atoms with E-state index in [1.807, 2.05) is 0 Å². The number of nitrogens with two attached hydrogens (primary N) is 1. The fraction of sp³-hybridized carbons (Fsp3) is 0.222. The van der Waals surface area contributed by atoms with Crippen molar-refractivity contribution in [2.75, 3.05) is 0 Å². The number of hydrogen-bond acceptors (Lipinski definition) is 2. The lowest BCUT2D eigenvalue weighted by atomic mass is 9.92. The third-order valence-electron chi connectivity index (χ3n) is 2.03. The van der Waals surface area contributed by atoms with Crippen LogP contribution in [-0.4, -0.2) is 17.2 Å². The molecule has 0 aliphatic carbocycles. The first-order valence-corrected chi connectivity index (χ1v) is 4.04. The zero-order valence-corrected chi connectivity index (χ0v) is 7.75. The largest absolute Gasteiger partial charge is 0.430 e. The molecule has 0 aliphatic rings. The minimum Gasteiger partial charge on any atom is -0.369 e. The maximum Gasteiger partial charge on any atom is 0.430 e. The topological polar surface area (TPSA) is 63.3 Å². The Balaban J connectivity index is 3.34. The van der Waals surface area contributed by atoms with Crippen LogP contribution in [0.5, 0.6) is 0 Å². The molecule has 0 aromatic heterocycles. The van der Waals surface area contributed by atoms with Gasteiger partial charge >= 0.3 is 6.18 Å². The minimum atomic E-state index is -5.27. The Labute approximate surface area is 87.5 Å². The van der Waals surface area contributed by atoms with Crippen molar-refractivity contribution < 1.29 is 27.5 Å². The monoisotopic (exact) mass is 237 g/mol. The maximum absolute atomic E-state index is 12.5. The highest BCUT2D eigenvalue weighted by Gasteiger charge is 2.59. The van der Waals surface area contributed by atoms with Crippen molar-refractivity contribution >= 4 is 5.91 Å². The number of hydrogen-bond donors (Lipinski definition) is 2. The summed E-state index contributed by atoms with van der Waals surface area (Å²) in [7, 11) is 0. The number of carbonyl (C=O) groups is 1. The molecule has 7 heteroatoms. The summed E-state index contributed by atoms with van der Waals surface area (Å²) in [6, 6.07) is 2.67. The van der Waals surface area contributed by atoms with Gasteiger partial charge in [0.1, 0.15) is 5.82 Å². The van der Waals surface area contributed by atoms with Crippen molar-refractivity contribution in [3.63, 3.8) is 0 Å². The molecular formula is C9H7F4NO2. The second kappa shape index (κ2) is 3.75. The molecule has 0 bridgehead atoms. The Morgan fingerprint density at radius 3 is 1.94 bits per heavy atom. The van der Waals surface area contributed by atoms with E-state index in [1.165, 1.54) is 0 Å². The van der Waals surface area contributed by atoms with Gasteiger partial charge in [-0.05, 0) is 12.1 Å². The highest BCUT2D eigenvalue weighted by Crippen LogP contribution is 2.38. The van der Waals surface area contributed by atoms with Crippen LogP contribution in [0.25, 0.3) is 0 Å². The van der Waals surface area contributed by atoms with Gasteiger partial charge in [-0.2, -0.15) is 13.2 Å². The average molecular weight is 237 g/mol. The summed E-state index contributed by atoms with van der Waals surface area (Å²) < 4.78 is 50.0. The summed E-state index contributed by atoms with van der Waals surface area (Å²) in [5.41, 5.74) is -0.105. The predicted molar refractivity (Wildman–Crippen MR) is 45.5 cm³/mol. The molecule has 0 radical (unpaired) electrons. The van der Waals surface area contributed by atoms with E-state index in [0.29, 0.717) is 24.3 Å². The Hall–Kier alpha value is -1.63. The van der Waals surface area contributed by atoms with E-state index in [-0.39, 0.29) is 0 Å². The second-order valence-corrected chi connectivity index (χ2v) is 3.08. The van der Waals surface area contributed by atoms with Gasteiger partial charge in [-0.25, -0.2) is 4.39 Å². The van der Waals surface area contributed by atoms with Crippen LogP contribution in [0.3, 0.4) is 0 Å². The molecule has 3 nitrogen and oxygen atoms in total. The lowest BCUT2D eigenvalue weighted by molar-refractivity contribution is -0.255. The molecule has 0 heterocycles. The first-order chi connectivity index (χ1) is 7.19. The molecule has 0 aliphatic heterocycles. The Bertz CT molecular complexity index is 401. The molecule has 0 saturated carbocycles. The minimum absolute atomic E-state index is 0.646. The van der Waals surface area contributed by atoms with Gasteiger partial charge in [0.15, 0.2) is 0 Å². The van der Waals surface area contributed by atoms with E-state index in [4.69, 9.17) is 0 Å². The second-order valence-electron chi connectivity index (χ2n) is 3.08. The number of alkyl halides is 3. The van der Waals surface area contributed by atoms with Gasteiger partial charge in [-0.1, -0.05) is 12.1 Å². The standard InChI is InChI=1S/C9H7F4NO2/c10-6-3-1-5(2-4-6)8(16,7(14)15)9(11,12)13/h1-4,16H,(H2,14,15). The maximum atomic E-state index is 12.5. The van der Waals surface area contributed by atoms with Crippen molar-refractivity contribution in [2.24, 2.45) is 5.73 Å². The molecule has 1 amide bonds. The molecule has 88 valence electrons. The summed E-state index contributed by atoms with van der Waals surface area (Å²) in [6.45, 7) is 0. The number of primary amides is 1. The molecule has 0 spiro atoms. The van der Waals surface area contributed by atoms with Crippen molar-refractivity contribution in [3.8, 4) is 0 Å². The zero-order chi connectivity index (χ0) is 12.6. The van der Waals surface area contributed by atoms with E-state index in [0.717, 1.165) is 0 Å². The fourth-order valence-corrected chi connectivity index (χ4v) is 1.14. The van der Waals surface area contributed by atoms with Crippen LogP contribution < -0.4 is 5.73 Å². The van der Waals surface area contributed by atoms with E-state index >= 15 is 0 Å². The lowest BCUT2D eigenvalue weighted by Gasteiger charge is -2.27. The van der Waals surface area contributed by atoms with Gasteiger partial charge < -0.3 is 10.8 Å². The third kappa shape index (κ3) is 1.85. The molecule has 0 saturated heterocycles. The molecule has 1 rings (SSSR count). The van der Waals surface area contributed by atoms with Gasteiger partial charge in [0.25, 0.3) is 11.5 Å². The Kier molecular flexibility index (Phi) is 2.91. The fourth-order valence-electron chi connectivity index (χ4n) is 1.14. The lowest BCUT2D eigenvalue weighted by Crippen LogP contribution is -2.52. The van der Waals surface area contributed by atoms with E-state index in [9.17, 15) is 27.5 Å². The van der Waals surface area contributed by atoms with Crippen LogP contribution in [-0.2, 0) is 10.4 Å². The van der Waals surface area contributed by atoms with E-state index < -0.39 is 29.1 Å². The van der Waals surface area contributed by atoms with Crippen molar-refractivity contribution in [2.45, 2.75) is 11.8 Å². The van der Waals surface area contributed by atoms with Crippen LogP contribution in [0.1, 0.15) is 5.56 Å². The van der Waals surface area contributed by atoms with Gasteiger partial charge in [0, 0.05) is 5.56 Å². The zero-order valence-electron chi connectivity index (χ0n) is 7.75. The molecule has 1 unspecified atom stereocenters. The van der Waals surface area contributed by atoms with Crippen LogP contribution in [0.2, 0.25) is 0 Å². The number of benzene rings is 1. The molecular weight excluding hydrogens is 230 g/mol. The van der Waals surface area contributed by atoms with Crippen molar-refractivity contribution in [3.05, 3.63) is 35.6 Å². The summed E-state index contributed by atoms with van der Waals surface area (Å²) in [5, 5.41) is 9.27. The van der Waals surface area contributed by atoms with Crippen LogP contribution >= 0.6 is 0 Å². The van der Waals surface area contributed by atoms with Gasteiger partial charge in [0.05, 0.1) is 0 Å². The summed E-state index contributed by atoms with van der Waals surface area (Å²) in [6.07, 6.45) is -5.27. The average Bonchev–Trinajstić information content (AvgIpc) is 2.15. The molecule has 1 atom stereocenters. The Morgan fingerprint density at radius 1 is 1.19 bits per heavy atom. The first kappa shape index (κ1) is 12.4. The quantitative estimate of drug-likeness (QED) is 0.755. The number of rotatable bonds is 2. The first-order valence-electron chi connectivity index (χ1n) is 4.04. The summed E-state index contributed by atoms with van der Waals surface area (Å²) in [4.78, 5) is 10.7. The van der Waals surface area contributed by atoms with Crippen molar-refractivity contribution in [1.82, 2.24) is 0 Å². The van der Waals surface area contributed by atoms with Gasteiger partial charge in [0.2, 0.25) is 0 Å². The number of amides is 1. The molecule has 3 N–H and O–H groups in total. The number of carbonyl (C=O) groups excluding carboxylic acids is 1. The van der Waals surface area contributed by atoms with Crippen LogP contribution in [0, 0.1) is 5.82 Å². The van der Waals surface area contributed by atoms with Crippen LogP contribution in [0.15, 0.2) is 24.3 Å². The molecule has 0 fully saturated rings. The highest BCUT2D eigenvalue weighted by atomic mass is 19.4. The normalized spacial score (nSPS) is 15.6. The third-order valence-corrected chi connectivity index (χ3v) is 2.03. The smallest absolute Gasteiger partial charge is 0.369 e. The summed E-state index contributed by atoms with van der Waals surface area (Å²) >= 11 is 0.